The molecule has 35 heavy (non-hydrogen) atoms. The zero-order valence-corrected chi connectivity index (χ0v) is 19.2. The number of nitrogens with one attached hydrogen (secondary N) is 3. The number of fused-ring (bicyclic) bond motifs is 3. The average Bonchev–Trinajstić information content (AvgIpc) is 2.99. The van der Waals surface area contributed by atoms with Crippen molar-refractivity contribution in [2.24, 2.45) is 0 Å². The molecule has 0 saturated heterocycles. The van der Waals surface area contributed by atoms with Crippen LogP contribution in [0.5, 0.6) is 0 Å². The predicted molar refractivity (Wildman–Crippen MR) is 130 cm³/mol. The van der Waals surface area contributed by atoms with Crippen molar-refractivity contribution in [1.82, 2.24) is 25.1 Å². The Balaban J connectivity index is 1.35. The van der Waals surface area contributed by atoms with Gasteiger partial charge < -0.3 is 20.7 Å². The molecule has 3 N–H and O–H groups in total. The van der Waals surface area contributed by atoms with E-state index in [0.717, 1.165) is 33.6 Å². The number of anilines is 3. The summed E-state index contributed by atoms with van der Waals surface area (Å²) in [5.74, 6) is 0.819. The molecule has 6 rings (SSSR count). The number of hydrogen-bond acceptors (Lipinski definition) is 7. The van der Waals surface area contributed by atoms with Crippen LogP contribution in [0.25, 0.3) is 21.9 Å². The number of carbonyl (C=O) groups excluding carboxylic acids is 1. The van der Waals surface area contributed by atoms with Gasteiger partial charge in [0.25, 0.3) is 0 Å². The van der Waals surface area contributed by atoms with Gasteiger partial charge in [0.05, 0.1) is 24.6 Å². The molecule has 0 bridgehead atoms. The van der Waals surface area contributed by atoms with E-state index in [1.54, 1.807) is 17.1 Å². The van der Waals surface area contributed by atoms with Crippen molar-refractivity contribution in [3.8, 4) is 11.1 Å². The fourth-order valence-electron chi connectivity index (χ4n) is 4.64. The summed E-state index contributed by atoms with van der Waals surface area (Å²) in [5.41, 5.74) is 4.87. The van der Waals surface area contributed by atoms with Crippen LogP contribution < -0.4 is 16.0 Å². The maximum atomic E-state index is 15.2. The number of benzene rings is 1. The normalized spacial score (nSPS) is 15.4. The minimum Gasteiger partial charge on any atom is -0.381 e. The highest BCUT2D eigenvalue weighted by Gasteiger charge is 2.19. The summed E-state index contributed by atoms with van der Waals surface area (Å²) in [4.78, 5) is 20.8. The van der Waals surface area contributed by atoms with Gasteiger partial charge in [0, 0.05) is 60.2 Å². The first-order valence-electron chi connectivity index (χ1n) is 11.6. The first-order valence-corrected chi connectivity index (χ1v) is 11.6. The highest BCUT2D eigenvalue weighted by molar-refractivity contribution is 5.90. The molecule has 178 valence electrons. The molecule has 3 aromatic heterocycles. The quantitative estimate of drug-likeness (QED) is 0.419. The van der Waals surface area contributed by atoms with Gasteiger partial charge in [0.1, 0.15) is 18.2 Å². The number of hydrogen-bond donors (Lipinski definition) is 3. The highest BCUT2D eigenvalue weighted by atomic mass is 19.1. The molecular formula is C25H24FN7O2. The lowest BCUT2D eigenvalue weighted by Crippen LogP contribution is -2.25. The smallest absolute Gasteiger partial charge is 0.241 e. The summed E-state index contributed by atoms with van der Waals surface area (Å²) in [6, 6.07) is 7.12. The third kappa shape index (κ3) is 4.06. The molecule has 0 spiro atoms. The maximum absolute atomic E-state index is 15.2. The van der Waals surface area contributed by atoms with Gasteiger partial charge in [-0.1, -0.05) is 0 Å². The highest BCUT2D eigenvalue weighted by Crippen LogP contribution is 2.35. The van der Waals surface area contributed by atoms with Gasteiger partial charge in [0.2, 0.25) is 5.91 Å². The van der Waals surface area contributed by atoms with Crippen molar-refractivity contribution in [3.63, 3.8) is 0 Å². The van der Waals surface area contributed by atoms with Crippen molar-refractivity contribution >= 4 is 34.0 Å². The lowest BCUT2D eigenvalue weighted by molar-refractivity contribution is -0.121. The zero-order chi connectivity index (χ0) is 23.9. The Kier molecular flexibility index (Phi) is 5.29. The summed E-state index contributed by atoms with van der Waals surface area (Å²) in [6.07, 6.45) is 4.06. The van der Waals surface area contributed by atoms with Crippen molar-refractivity contribution in [1.29, 1.82) is 0 Å². The molecule has 0 unspecified atom stereocenters. The van der Waals surface area contributed by atoms with Crippen LogP contribution in [0.15, 0.2) is 36.7 Å². The molecule has 0 aliphatic carbocycles. The third-order valence-electron chi connectivity index (χ3n) is 6.42. The van der Waals surface area contributed by atoms with Gasteiger partial charge >= 0.3 is 0 Å². The Hall–Kier alpha value is -4.05. The summed E-state index contributed by atoms with van der Waals surface area (Å²) >= 11 is 0. The van der Waals surface area contributed by atoms with Crippen molar-refractivity contribution in [3.05, 3.63) is 59.4 Å². The molecular weight excluding hydrogens is 449 g/mol. The molecule has 1 aromatic carbocycles. The maximum Gasteiger partial charge on any atom is 0.241 e. The van der Waals surface area contributed by atoms with Crippen molar-refractivity contribution in [2.75, 3.05) is 30.3 Å². The molecule has 0 fully saturated rings. The van der Waals surface area contributed by atoms with Crippen LogP contribution in [0.1, 0.15) is 17.0 Å². The predicted octanol–water partition coefficient (Wildman–Crippen LogP) is 3.30. The molecule has 0 radical (unpaired) electrons. The van der Waals surface area contributed by atoms with E-state index < -0.39 is 0 Å². The van der Waals surface area contributed by atoms with E-state index in [0.29, 0.717) is 55.3 Å². The molecule has 9 nitrogen and oxygen atoms in total. The number of nitrogens with zero attached hydrogens (tertiary/aromatic N) is 4. The van der Waals surface area contributed by atoms with Crippen LogP contribution in [0.3, 0.4) is 0 Å². The SMILES string of the molecule is Cc1c(-c2cc3cc(Nc4cc5n(n4)CC(=O)NCC5)ncc3cc2F)cnc2c1NCCOC2. The van der Waals surface area contributed by atoms with Crippen LogP contribution in [-0.2, 0) is 29.1 Å². The fourth-order valence-corrected chi connectivity index (χ4v) is 4.64. The number of carbonyl (C=O) groups is 1. The second kappa shape index (κ2) is 8.62. The summed E-state index contributed by atoms with van der Waals surface area (Å²) in [5, 5.41) is 15.4. The summed E-state index contributed by atoms with van der Waals surface area (Å²) in [7, 11) is 0. The second-order valence-corrected chi connectivity index (χ2v) is 8.75. The number of halogens is 1. The molecule has 2 aliphatic rings. The van der Waals surface area contributed by atoms with E-state index in [2.05, 4.69) is 31.0 Å². The van der Waals surface area contributed by atoms with Gasteiger partial charge in [-0.25, -0.2) is 9.37 Å². The van der Waals surface area contributed by atoms with Gasteiger partial charge in [-0.3, -0.25) is 14.5 Å². The minimum atomic E-state index is -0.328. The zero-order valence-electron chi connectivity index (χ0n) is 19.2. The van der Waals surface area contributed by atoms with Crippen LogP contribution in [0.2, 0.25) is 0 Å². The molecule has 5 heterocycles. The standard InChI is InChI=1S/C25H24FN7O2/c1-14-19(11-29-21-13-35-5-4-28-25(14)21)18-6-15-8-22(30-10-16(15)7-20(18)26)31-23-9-17-2-3-27-24(34)12-33(17)32-23/h6-11,28H,2-5,12-13H2,1H3,(H,27,34)(H,30,31,32). The number of aromatic nitrogens is 4. The van der Waals surface area contributed by atoms with E-state index in [1.807, 2.05) is 25.1 Å². The fraction of sp³-hybridized carbons (Fsp3) is 0.280. The van der Waals surface area contributed by atoms with Crippen molar-refractivity contribution < 1.29 is 13.9 Å². The third-order valence-corrected chi connectivity index (χ3v) is 6.42. The molecule has 10 heteroatoms. The average molecular weight is 474 g/mol. The molecule has 1 amide bonds. The van der Waals surface area contributed by atoms with Crippen LogP contribution in [-0.4, -0.2) is 45.4 Å². The number of ether oxygens (including phenoxy) is 1. The Labute approximate surface area is 200 Å². The van der Waals surface area contributed by atoms with Gasteiger partial charge in [-0.2, -0.15) is 5.10 Å². The number of amides is 1. The molecule has 2 aliphatic heterocycles. The minimum absolute atomic E-state index is 0.0536. The first-order chi connectivity index (χ1) is 17.0. The molecule has 4 aromatic rings. The first kappa shape index (κ1) is 21.5. The molecule has 0 atom stereocenters. The van der Waals surface area contributed by atoms with E-state index in [1.165, 1.54) is 6.07 Å². The van der Waals surface area contributed by atoms with Crippen LogP contribution >= 0.6 is 0 Å². The Morgan fingerprint density at radius 2 is 1.94 bits per heavy atom. The van der Waals surface area contributed by atoms with E-state index >= 15 is 4.39 Å². The van der Waals surface area contributed by atoms with Crippen molar-refractivity contribution in [2.45, 2.75) is 26.5 Å². The van der Waals surface area contributed by atoms with Crippen LogP contribution in [0.4, 0.5) is 21.7 Å². The van der Waals surface area contributed by atoms with Crippen LogP contribution in [0, 0.1) is 12.7 Å². The van der Waals surface area contributed by atoms with Gasteiger partial charge in [-0.15, -0.1) is 0 Å². The van der Waals surface area contributed by atoms with Gasteiger partial charge in [0.15, 0.2) is 5.82 Å². The summed E-state index contributed by atoms with van der Waals surface area (Å²) in [6.45, 7) is 4.48. The Morgan fingerprint density at radius 1 is 1.03 bits per heavy atom. The topological polar surface area (TPSA) is 106 Å². The Morgan fingerprint density at radius 3 is 2.86 bits per heavy atom. The lowest BCUT2D eigenvalue weighted by Gasteiger charge is -2.15. The lowest BCUT2D eigenvalue weighted by atomic mass is 9.97. The number of pyridine rings is 2. The van der Waals surface area contributed by atoms with E-state index in [9.17, 15) is 4.79 Å². The monoisotopic (exact) mass is 473 g/mol. The molecule has 0 saturated carbocycles. The Bertz CT molecular complexity index is 1470. The largest absolute Gasteiger partial charge is 0.381 e. The number of rotatable bonds is 3. The summed E-state index contributed by atoms with van der Waals surface area (Å²) < 4.78 is 22.4. The van der Waals surface area contributed by atoms with E-state index in [-0.39, 0.29) is 18.3 Å². The second-order valence-electron chi connectivity index (χ2n) is 8.75. The van der Waals surface area contributed by atoms with E-state index in [4.69, 9.17) is 4.74 Å². The van der Waals surface area contributed by atoms with Gasteiger partial charge in [-0.05, 0) is 36.1 Å².